The highest BCUT2D eigenvalue weighted by atomic mass is 16.6. The minimum Gasteiger partial charge on any atom is -0.497 e. The van der Waals surface area contributed by atoms with E-state index >= 15 is 0 Å². The molecule has 20 heavy (non-hydrogen) atoms. The maximum atomic E-state index is 11.7. The fourth-order valence-electron chi connectivity index (χ4n) is 1.74. The lowest BCUT2D eigenvalue weighted by atomic mass is 10.1. The molecule has 2 rings (SSSR count). The van der Waals surface area contributed by atoms with Gasteiger partial charge in [0.25, 0.3) is 0 Å². The molecule has 0 aliphatic carbocycles. The van der Waals surface area contributed by atoms with E-state index in [0.717, 1.165) is 16.9 Å². The van der Waals surface area contributed by atoms with Crippen molar-refractivity contribution in [3.05, 3.63) is 65.7 Å². The molecule has 4 heteroatoms. The Hall–Kier alpha value is -2.33. The lowest BCUT2D eigenvalue weighted by Gasteiger charge is -2.06. The van der Waals surface area contributed by atoms with E-state index in [1.807, 2.05) is 54.6 Å². The van der Waals surface area contributed by atoms with E-state index in [1.165, 1.54) is 0 Å². The van der Waals surface area contributed by atoms with Crippen molar-refractivity contribution in [1.29, 1.82) is 0 Å². The summed E-state index contributed by atoms with van der Waals surface area (Å²) in [6, 6.07) is 17.0. The molecule has 4 nitrogen and oxygen atoms in total. The first-order chi connectivity index (χ1) is 9.78. The van der Waals surface area contributed by atoms with Crippen LogP contribution in [-0.2, 0) is 22.7 Å². The van der Waals surface area contributed by atoms with Gasteiger partial charge in [0.05, 0.1) is 20.1 Å². The summed E-state index contributed by atoms with van der Waals surface area (Å²) in [6.45, 7) is 0.356. The lowest BCUT2D eigenvalue weighted by Crippen LogP contribution is -2.25. The summed E-state index contributed by atoms with van der Waals surface area (Å²) in [5, 5.41) is 0. The predicted octanol–water partition coefficient (Wildman–Crippen LogP) is 2.49. The summed E-state index contributed by atoms with van der Waals surface area (Å²) in [5.74, 6) is 0.598. The van der Waals surface area contributed by atoms with Crippen LogP contribution in [0.25, 0.3) is 0 Å². The van der Waals surface area contributed by atoms with Gasteiger partial charge in [0.2, 0.25) is 5.91 Å². The maximum Gasteiger partial charge on any atom is 0.247 e. The van der Waals surface area contributed by atoms with Crippen molar-refractivity contribution >= 4 is 5.91 Å². The van der Waals surface area contributed by atoms with Gasteiger partial charge in [-0.2, -0.15) is 0 Å². The monoisotopic (exact) mass is 271 g/mol. The highest BCUT2D eigenvalue weighted by Gasteiger charge is 2.03. The maximum absolute atomic E-state index is 11.7. The first-order valence-electron chi connectivity index (χ1n) is 6.35. The largest absolute Gasteiger partial charge is 0.497 e. The third-order valence-electron chi connectivity index (χ3n) is 2.79. The number of hydroxylamine groups is 1. The average Bonchev–Trinajstić information content (AvgIpc) is 2.49. The average molecular weight is 271 g/mol. The zero-order valence-corrected chi connectivity index (χ0v) is 11.3. The number of methoxy groups -OCH3 is 1. The summed E-state index contributed by atoms with van der Waals surface area (Å²) in [5.41, 5.74) is 4.36. The number of nitrogens with one attached hydrogen (secondary N) is 1. The zero-order chi connectivity index (χ0) is 14.2. The third kappa shape index (κ3) is 4.40. The predicted molar refractivity (Wildman–Crippen MR) is 76.1 cm³/mol. The normalized spacial score (nSPS) is 10.1. The number of hydrogen-bond acceptors (Lipinski definition) is 3. The second-order valence-electron chi connectivity index (χ2n) is 4.32. The van der Waals surface area contributed by atoms with Crippen LogP contribution in [0.2, 0.25) is 0 Å². The van der Waals surface area contributed by atoms with E-state index in [2.05, 4.69) is 5.48 Å². The molecule has 0 atom stereocenters. The Morgan fingerprint density at radius 2 is 1.70 bits per heavy atom. The third-order valence-corrected chi connectivity index (χ3v) is 2.79. The van der Waals surface area contributed by atoms with E-state index in [0.29, 0.717) is 6.61 Å². The molecule has 1 N–H and O–H groups in total. The van der Waals surface area contributed by atoms with Crippen molar-refractivity contribution in [2.24, 2.45) is 0 Å². The van der Waals surface area contributed by atoms with Crippen LogP contribution in [-0.4, -0.2) is 13.0 Å². The zero-order valence-electron chi connectivity index (χ0n) is 11.3. The molecule has 0 bridgehead atoms. The van der Waals surface area contributed by atoms with Crippen LogP contribution in [0.1, 0.15) is 11.1 Å². The topological polar surface area (TPSA) is 47.6 Å². The fraction of sp³-hybridized carbons (Fsp3) is 0.188. The van der Waals surface area contributed by atoms with Crippen LogP contribution < -0.4 is 10.2 Å². The molecule has 0 radical (unpaired) electrons. The summed E-state index contributed by atoms with van der Waals surface area (Å²) in [4.78, 5) is 16.9. The molecule has 2 aromatic carbocycles. The fourth-order valence-corrected chi connectivity index (χ4v) is 1.74. The molecule has 0 saturated heterocycles. The molecule has 104 valence electrons. The summed E-state index contributed by atoms with van der Waals surface area (Å²) in [6.07, 6.45) is 0.277. The van der Waals surface area contributed by atoms with Crippen LogP contribution in [0.15, 0.2) is 54.6 Å². The van der Waals surface area contributed by atoms with E-state index in [4.69, 9.17) is 9.57 Å². The molecule has 1 amide bonds. The highest BCUT2D eigenvalue weighted by molar-refractivity contribution is 5.77. The van der Waals surface area contributed by atoms with Gasteiger partial charge in [-0.25, -0.2) is 5.48 Å². The number of carbonyl (C=O) groups excluding carboxylic acids is 1. The van der Waals surface area contributed by atoms with E-state index in [1.54, 1.807) is 7.11 Å². The smallest absolute Gasteiger partial charge is 0.247 e. The number of amides is 1. The van der Waals surface area contributed by atoms with Gasteiger partial charge in [0.1, 0.15) is 5.75 Å². The second kappa shape index (κ2) is 7.31. The molecular formula is C16H17NO3. The standard InChI is InChI=1S/C16H17NO3/c1-19-15-9-7-13(8-10-15)11-16(18)17-20-12-14-5-3-2-4-6-14/h2-10H,11-12H2,1H3,(H,17,18). The lowest BCUT2D eigenvalue weighted by molar-refractivity contribution is -0.133. The van der Waals surface area contributed by atoms with Crippen molar-refractivity contribution in [2.45, 2.75) is 13.0 Å². The van der Waals surface area contributed by atoms with Gasteiger partial charge < -0.3 is 4.74 Å². The van der Waals surface area contributed by atoms with E-state index < -0.39 is 0 Å². The molecule has 0 aliphatic rings. The number of hydrogen-bond donors (Lipinski definition) is 1. The van der Waals surface area contributed by atoms with Gasteiger partial charge in [0.15, 0.2) is 0 Å². The molecule has 0 heterocycles. The molecule has 2 aromatic rings. The molecule has 0 unspecified atom stereocenters. The van der Waals surface area contributed by atoms with Gasteiger partial charge >= 0.3 is 0 Å². The van der Waals surface area contributed by atoms with Crippen LogP contribution in [0.4, 0.5) is 0 Å². The van der Waals surface area contributed by atoms with Crippen LogP contribution >= 0.6 is 0 Å². The van der Waals surface area contributed by atoms with Crippen molar-refractivity contribution < 1.29 is 14.4 Å². The van der Waals surface area contributed by atoms with Crippen molar-refractivity contribution in [1.82, 2.24) is 5.48 Å². The van der Waals surface area contributed by atoms with Gasteiger partial charge in [0, 0.05) is 0 Å². The van der Waals surface area contributed by atoms with Gasteiger partial charge in [-0.05, 0) is 23.3 Å². The Bertz CT molecular complexity index is 537. The first kappa shape index (κ1) is 14.1. The van der Waals surface area contributed by atoms with Crippen molar-refractivity contribution in [3.63, 3.8) is 0 Å². The molecular weight excluding hydrogens is 254 g/mol. The Morgan fingerprint density at radius 3 is 2.35 bits per heavy atom. The van der Waals surface area contributed by atoms with E-state index in [9.17, 15) is 4.79 Å². The van der Waals surface area contributed by atoms with E-state index in [-0.39, 0.29) is 12.3 Å². The van der Waals surface area contributed by atoms with Gasteiger partial charge in [-0.1, -0.05) is 42.5 Å². The highest BCUT2D eigenvalue weighted by Crippen LogP contribution is 2.11. The summed E-state index contributed by atoms with van der Waals surface area (Å²) in [7, 11) is 1.61. The Balaban J connectivity index is 1.74. The molecule has 0 spiro atoms. The van der Waals surface area contributed by atoms with Crippen LogP contribution in [0.3, 0.4) is 0 Å². The first-order valence-corrected chi connectivity index (χ1v) is 6.35. The number of ether oxygens (including phenoxy) is 1. The minimum atomic E-state index is -0.175. The Kier molecular flexibility index (Phi) is 5.15. The number of carbonyl (C=O) groups is 1. The quantitative estimate of drug-likeness (QED) is 0.821. The van der Waals surface area contributed by atoms with Crippen molar-refractivity contribution in [3.8, 4) is 5.75 Å². The van der Waals surface area contributed by atoms with Crippen molar-refractivity contribution in [2.75, 3.05) is 7.11 Å². The summed E-state index contributed by atoms with van der Waals surface area (Å²) >= 11 is 0. The van der Waals surface area contributed by atoms with Gasteiger partial charge in [-0.15, -0.1) is 0 Å². The van der Waals surface area contributed by atoms with Crippen LogP contribution in [0.5, 0.6) is 5.75 Å². The molecule has 0 aromatic heterocycles. The molecule has 0 fully saturated rings. The van der Waals surface area contributed by atoms with Crippen LogP contribution in [0, 0.1) is 0 Å². The van der Waals surface area contributed by atoms with Gasteiger partial charge in [-0.3, -0.25) is 9.63 Å². The SMILES string of the molecule is COc1ccc(CC(=O)NOCc2ccccc2)cc1. The number of benzene rings is 2. The molecule has 0 aliphatic heterocycles. The molecule has 0 saturated carbocycles. The second-order valence-corrected chi connectivity index (χ2v) is 4.32. The summed E-state index contributed by atoms with van der Waals surface area (Å²) < 4.78 is 5.06. The minimum absolute atomic E-state index is 0.175. The Labute approximate surface area is 118 Å². The number of rotatable bonds is 6. The Morgan fingerprint density at radius 1 is 1.00 bits per heavy atom.